The molecule has 3 nitrogen and oxygen atoms in total. The molecule has 2 aromatic rings. The van der Waals surface area contributed by atoms with Crippen molar-refractivity contribution in [1.29, 1.82) is 0 Å². The first kappa shape index (κ1) is 16.9. The van der Waals surface area contributed by atoms with E-state index >= 15 is 0 Å². The van der Waals surface area contributed by atoms with Crippen LogP contribution in [0, 0.1) is 6.92 Å². The average molecular weight is 304 g/mol. The van der Waals surface area contributed by atoms with Gasteiger partial charge in [-0.15, -0.1) is 12.4 Å². The number of hydrogen-bond acceptors (Lipinski definition) is 2. The van der Waals surface area contributed by atoms with Crippen molar-refractivity contribution < 1.29 is 9.90 Å². The van der Waals surface area contributed by atoms with Crippen molar-refractivity contribution in [3.63, 3.8) is 0 Å². The van der Waals surface area contributed by atoms with Crippen LogP contribution in [0.2, 0.25) is 0 Å². The monoisotopic (exact) mass is 303 g/mol. The SMILES string of the molecule is C/C(=C\C(=O)O)c1ccc(Cc2cccnc2)c(C)c1.Cl. The number of aliphatic carboxylic acids is 1. The second kappa shape index (κ2) is 7.60. The number of rotatable bonds is 4. The van der Waals surface area contributed by atoms with Gasteiger partial charge in [-0.2, -0.15) is 0 Å². The first-order valence-electron chi connectivity index (χ1n) is 6.46. The Morgan fingerprint density at radius 1 is 1.33 bits per heavy atom. The van der Waals surface area contributed by atoms with Gasteiger partial charge in [0, 0.05) is 18.5 Å². The topological polar surface area (TPSA) is 50.2 Å². The van der Waals surface area contributed by atoms with Crippen molar-refractivity contribution >= 4 is 23.9 Å². The lowest BCUT2D eigenvalue weighted by atomic mass is 9.97. The molecule has 0 atom stereocenters. The quantitative estimate of drug-likeness (QED) is 0.872. The van der Waals surface area contributed by atoms with E-state index in [1.165, 1.54) is 17.2 Å². The second-order valence-corrected chi connectivity index (χ2v) is 4.84. The Morgan fingerprint density at radius 3 is 2.67 bits per heavy atom. The lowest BCUT2D eigenvalue weighted by Crippen LogP contribution is -1.95. The van der Waals surface area contributed by atoms with Crippen molar-refractivity contribution in [3.8, 4) is 0 Å². The molecule has 0 aliphatic heterocycles. The van der Waals surface area contributed by atoms with Crippen molar-refractivity contribution in [2.24, 2.45) is 0 Å². The van der Waals surface area contributed by atoms with Crippen molar-refractivity contribution in [3.05, 3.63) is 71.1 Å². The summed E-state index contributed by atoms with van der Waals surface area (Å²) in [7, 11) is 0. The summed E-state index contributed by atoms with van der Waals surface area (Å²) in [4.78, 5) is 14.8. The highest BCUT2D eigenvalue weighted by molar-refractivity contribution is 5.89. The number of benzene rings is 1. The highest BCUT2D eigenvalue weighted by Gasteiger charge is 2.04. The molecule has 0 saturated heterocycles. The summed E-state index contributed by atoms with van der Waals surface area (Å²) in [6.45, 7) is 3.85. The smallest absolute Gasteiger partial charge is 0.328 e. The molecule has 1 aromatic heterocycles. The van der Waals surface area contributed by atoms with Crippen LogP contribution in [0.3, 0.4) is 0 Å². The molecule has 0 aliphatic carbocycles. The number of nitrogens with zero attached hydrogens (tertiary/aromatic N) is 1. The number of carbonyl (C=O) groups is 1. The number of pyridine rings is 1. The van der Waals surface area contributed by atoms with Crippen LogP contribution in [0.15, 0.2) is 48.8 Å². The summed E-state index contributed by atoms with van der Waals surface area (Å²) in [6.07, 6.45) is 5.69. The lowest BCUT2D eigenvalue weighted by molar-refractivity contribution is -0.131. The molecule has 1 aromatic carbocycles. The molecule has 0 radical (unpaired) electrons. The molecule has 110 valence electrons. The third kappa shape index (κ3) is 4.72. The van der Waals surface area contributed by atoms with Gasteiger partial charge in [0.05, 0.1) is 0 Å². The van der Waals surface area contributed by atoms with Crippen LogP contribution >= 0.6 is 12.4 Å². The van der Waals surface area contributed by atoms with Gasteiger partial charge in [0.1, 0.15) is 0 Å². The Labute approximate surface area is 130 Å². The van der Waals surface area contributed by atoms with Gasteiger partial charge in [0.2, 0.25) is 0 Å². The normalized spacial score (nSPS) is 10.9. The van der Waals surface area contributed by atoms with Gasteiger partial charge in [0.15, 0.2) is 0 Å². The molecular weight excluding hydrogens is 286 g/mol. The Balaban J connectivity index is 0.00000220. The van der Waals surface area contributed by atoms with Gasteiger partial charge in [0.25, 0.3) is 0 Å². The average Bonchev–Trinajstić information content (AvgIpc) is 2.41. The fourth-order valence-electron chi connectivity index (χ4n) is 2.13. The minimum absolute atomic E-state index is 0. The highest BCUT2D eigenvalue weighted by atomic mass is 35.5. The van der Waals surface area contributed by atoms with E-state index in [4.69, 9.17) is 5.11 Å². The van der Waals surface area contributed by atoms with E-state index in [1.54, 1.807) is 6.20 Å². The molecule has 0 saturated carbocycles. The lowest BCUT2D eigenvalue weighted by Gasteiger charge is -2.09. The van der Waals surface area contributed by atoms with E-state index < -0.39 is 5.97 Å². The van der Waals surface area contributed by atoms with Crippen LogP contribution in [0.4, 0.5) is 0 Å². The van der Waals surface area contributed by atoms with Crippen molar-refractivity contribution in [2.45, 2.75) is 20.3 Å². The summed E-state index contributed by atoms with van der Waals surface area (Å²) < 4.78 is 0. The minimum Gasteiger partial charge on any atom is -0.478 e. The maximum Gasteiger partial charge on any atom is 0.328 e. The third-order valence-corrected chi connectivity index (χ3v) is 3.26. The second-order valence-electron chi connectivity index (χ2n) is 4.84. The molecule has 2 rings (SSSR count). The van der Waals surface area contributed by atoms with Gasteiger partial charge in [-0.25, -0.2) is 4.79 Å². The van der Waals surface area contributed by atoms with Gasteiger partial charge in [-0.05, 0) is 54.2 Å². The van der Waals surface area contributed by atoms with Gasteiger partial charge >= 0.3 is 5.97 Å². The Hall–Kier alpha value is -2.13. The summed E-state index contributed by atoms with van der Waals surface area (Å²) in [5.41, 5.74) is 5.25. The standard InChI is InChI=1S/C17H17NO2.ClH/c1-12-8-15(13(2)9-17(19)20)5-6-16(12)10-14-4-3-7-18-11-14;/h3-9,11H,10H2,1-2H3,(H,19,20);1H/b13-9+;. The fraction of sp³-hybridized carbons (Fsp3) is 0.176. The molecule has 0 bridgehead atoms. The zero-order valence-electron chi connectivity index (χ0n) is 12.0. The van der Waals surface area contributed by atoms with Gasteiger partial charge in [-0.3, -0.25) is 4.98 Å². The molecule has 0 aliphatic rings. The Bertz CT molecular complexity index is 651. The molecule has 1 N–H and O–H groups in total. The van der Waals surface area contributed by atoms with Gasteiger partial charge < -0.3 is 5.11 Å². The number of halogens is 1. The molecular formula is C17H18ClNO2. The van der Waals surface area contributed by atoms with Crippen molar-refractivity contribution in [2.75, 3.05) is 0 Å². The van der Waals surface area contributed by atoms with Gasteiger partial charge in [-0.1, -0.05) is 24.3 Å². The molecule has 0 spiro atoms. The van der Waals surface area contributed by atoms with E-state index in [2.05, 4.69) is 17.1 Å². The van der Waals surface area contributed by atoms with Crippen LogP contribution in [0.5, 0.6) is 0 Å². The summed E-state index contributed by atoms with van der Waals surface area (Å²) in [5, 5.41) is 8.78. The number of carboxylic acids is 1. The first-order chi connectivity index (χ1) is 9.56. The van der Waals surface area contributed by atoms with Crippen LogP contribution in [0.1, 0.15) is 29.2 Å². The van der Waals surface area contributed by atoms with Crippen LogP contribution in [0.25, 0.3) is 5.57 Å². The Kier molecular flexibility index (Phi) is 6.12. The van der Waals surface area contributed by atoms with Crippen molar-refractivity contribution in [1.82, 2.24) is 4.98 Å². The number of allylic oxidation sites excluding steroid dienone is 1. The molecule has 0 unspecified atom stereocenters. The van der Waals surface area contributed by atoms with E-state index in [1.807, 2.05) is 38.2 Å². The summed E-state index contributed by atoms with van der Waals surface area (Å²) >= 11 is 0. The summed E-state index contributed by atoms with van der Waals surface area (Å²) in [6, 6.07) is 10.0. The summed E-state index contributed by atoms with van der Waals surface area (Å²) in [5.74, 6) is -0.917. The van der Waals surface area contributed by atoms with Crippen LogP contribution in [-0.2, 0) is 11.2 Å². The van der Waals surface area contributed by atoms with E-state index in [9.17, 15) is 4.79 Å². The number of aryl methyl sites for hydroxylation is 1. The maximum absolute atomic E-state index is 10.7. The maximum atomic E-state index is 10.7. The van der Waals surface area contributed by atoms with Crippen LogP contribution in [-0.4, -0.2) is 16.1 Å². The molecule has 0 fully saturated rings. The highest BCUT2D eigenvalue weighted by Crippen LogP contribution is 2.20. The molecule has 1 heterocycles. The number of hydrogen-bond donors (Lipinski definition) is 1. The minimum atomic E-state index is -0.917. The zero-order valence-corrected chi connectivity index (χ0v) is 12.9. The largest absolute Gasteiger partial charge is 0.478 e. The van der Waals surface area contributed by atoms with E-state index in [-0.39, 0.29) is 12.4 Å². The Morgan fingerprint density at radius 2 is 2.10 bits per heavy atom. The number of carboxylic acid groups (broad SMARTS) is 1. The third-order valence-electron chi connectivity index (χ3n) is 3.26. The molecule has 0 amide bonds. The van der Waals surface area contributed by atoms with Crippen LogP contribution < -0.4 is 0 Å². The van der Waals surface area contributed by atoms with E-state index in [0.29, 0.717) is 0 Å². The van der Waals surface area contributed by atoms with E-state index in [0.717, 1.165) is 23.1 Å². The molecule has 4 heteroatoms. The fourth-order valence-corrected chi connectivity index (χ4v) is 2.13. The predicted molar refractivity (Wildman–Crippen MR) is 86.8 cm³/mol. The molecule has 21 heavy (non-hydrogen) atoms. The number of aromatic nitrogens is 1. The zero-order chi connectivity index (χ0) is 14.5. The predicted octanol–water partition coefficient (Wildman–Crippen LogP) is 3.89. The first-order valence-corrected chi connectivity index (χ1v) is 6.46.